The van der Waals surface area contributed by atoms with Gasteiger partial charge in [-0.25, -0.2) is 4.79 Å². The van der Waals surface area contributed by atoms with Gasteiger partial charge in [-0.3, -0.25) is 0 Å². The van der Waals surface area contributed by atoms with Crippen LogP contribution in [-0.2, 0) is 15.1 Å². The number of nitrogens with one attached hydrogen (secondary N) is 1. The zero-order chi connectivity index (χ0) is 18.5. The lowest BCUT2D eigenvalue weighted by Crippen LogP contribution is -2.37. The van der Waals surface area contributed by atoms with Crippen LogP contribution < -0.4 is 5.32 Å². The maximum absolute atomic E-state index is 11.4. The average Bonchev–Trinajstić information content (AvgIpc) is 3.16. The molecule has 1 atom stereocenters. The lowest BCUT2D eigenvalue weighted by molar-refractivity contribution is -0.0301. The summed E-state index contributed by atoms with van der Waals surface area (Å²) in [4.78, 5) is 11.4. The number of allylic oxidation sites excluding steroid dienone is 4. The van der Waals surface area contributed by atoms with Crippen molar-refractivity contribution in [1.82, 2.24) is 5.32 Å². The maximum atomic E-state index is 11.4. The molecule has 0 bridgehead atoms. The fraction of sp³-hybridized carbons (Fsp3) is 0.174. The summed E-state index contributed by atoms with van der Waals surface area (Å²) in [5.74, 6) is 0. The molecule has 0 unspecified atom stereocenters. The number of amides is 1. The van der Waals surface area contributed by atoms with Crippen molar-refractivity contribution in [2.75, 3.05) is 13.2 Å². The van der Waals surface area contributed by atoms with E-state index in [9.17, 15) is 4.79 Å². The zero-order valence-corrected chi connectivity index (χ0v) is 14.8. The van der Waals surface area contributed by atoms with E-state index in [0.29, 0.717) is 6.54 Å². The molecule has 0 saturated carbocycles. The average molecular weight is 358 g/mol. The second-order valence-corrected chi connectivity index (χ2v) is 6.42. The van der Waals surface area contributed by atoms with Crippen LogP contribution in [0.15, 0.2) is 90.5 Å². The molecule has 0 radical (unpaired) electrons. The highest BCUT2D eigenvalue weighted by molar-refractivity contribution is 5.69. The molecular formula is C23H20NO3+. The second kappa shape index (κ2) is 7.58. The number of ether oxygens (including phenoxy) is 2. The van der Waals surface area contributed by atoms with E-state index < -0.39 is 11.7 Å². The van der Waals surface area contributed by atoms with Crippen LogP contribution in [0.25, 0.3) is 0 Å². The van der Waals surface area contributed by atoms with Crippen molar-refractivity contribution >= 4 is 6.09 Å². The fourth-order valence-electron chi connectivity index (χ4n) is 3.46. The topological polar surface area (TPSA) is 47.6 Å². The normalized spacial score (nSPS) is 18.4. The van der Waals surface area contributed by atoms with Crippen molar-refractivity contribution in [3.05, 3.63) is 108 Å². The first kappa shape index (κ1) is 17.2. The van der Waals surface area contributed by atoms with Gasteiger partial charge in [-0.05, 0) is 11.1 Å². The minimum Gasteiger partial charge on any atom is -0.442 e. The van der Waals surface area contributed by atoms with Crippen LogP contribution in [-0.4, -0.2) is 25.3 Å². The van der Waals surface area contributed by atoms with Crippen molar-refractivity contribution in [3.8, 4) is 0 Å². The van der Waals surface area contributed by atoms with Gasteiger partial charge in [0, 0.05) is 6.08 Å². The standard InChI is InChI=1S/C23H19NO3/c25-22-24-16-21(27-22)17-26-23(18-10-4-1-5-11-18,19-12-6-2-7-13-19)20-14-8-3-9-15-20/h1-2,4-15,21H,16-17H2/p+1/t21-/m0/s1. The smallest absolute Gasteiger partial charge is 0.407 e. The number of alkyl carbamates (subject to hydrolysis) is 1. The predicted octanol–water partition coefficient (Wildman–Crippen LogP) is 3.91. The van der Waals surface area contributed by atoms with E-state index in [0.717, 1.165) is 16.7 Å². The molecule has 2 aromatic rings. The summed E-state index contributed by atoms with van der Waals surface area (Å²) in [6.45, 7) is 0.724. The van der Waals surface area contributed by atoms with Crippen molar-refractivity contribution in [1.29, 1.82) is 0 Å². The first-order valence-corrected chi connectivity index (χ1v) is 8.95. The second-order valence-electron chi connectivity index (χ2n) is 6.42. The van der Waals surface area contributed by atoms with E-state index >= 15 is 0 Å². The quantitative estimate of drug-likeness (QED) is 0.797. The summed E-state index contributed by atoms with van der Waals surface area (Å²) < 4.78 is 11.9. The molecule has 4 heteroatoms. The number of rotatable bonds is 6. The lowest BCUT2D eigenvalue weighted by atomic mass is 9.78. The molecule has 1 fully saturated rings. The largest absolute Gasteiger partial charge is 0.442 e. The van der Waals surface area contributed by atoms with Crippen LogP contribution in [0.2, 0.25) is 0 Å². The number of carbonyl (C=O) groups excluding carboxylic acids is 1. The molecule has 1 heterocycles. The van der Waals surface area contributed by atoms with Gasteiger partial charge in [0.05, 0.1) is 25.3 Å². The minimum absolute atomic E-state index is 0.279. The van der Waals surface area contributed by atoms with Gasteiger partial charge in [-0.15, -0.1) is 0 Å². The first-order valence-electron chi connectivity index (χ1n) is 8.95. The van der Waals surface area contributed by atoms with Crippen LogP contribution in [0.4, 0.5) is 4.79 Å². The molecular weight excluding hydrogens is 338 g/mol. The van der Waals surface area contributed by atoms with E-state index in [-0.39, 0.29) is 12.7 Å². The van der Waals surface area contributed by atoms with E-state index in [4.69, 9.17) is 9.47 Å². The van der Waals surface area contributed by atoms with Crippen molar-refractivity contribution in [3.63, 3.8) is 0 Å². The van der Waals surface area contributed by atoms with Gasteiger partial charge in [0.1, 0.15) is 23.8 Å². The Morgan fingerprint density at radius 3 is 2.26 bits per heavy atom. The summed E-state index contributed by atoms with van der Waals surface area (Å²) in [7, 11) is 0. The highest BCUT2D eigenvalue weighted by Crippen LogP contribution is 2.42. The summed E-state index contributed by atoms with van der Waals surface area (Å²) in [6, 6.07) is 20.2. The van der Waals surface area contributed by atoms with Gasteiger partial charge in [0.2, 0.25) is 0 Å². The zero-order valence-electron chi connectivity index (χ0n) is 14.8. The Labute approximate surface area is 158 Å². The van der Waals surface area contributed by atoms with Gasteiger partial charge in [0.25, 0.3) is 0 Å². The molecule has 1 aliphatic heterocycles. The Morgan fingerprint density at radius 1 is 1.07 bits per heavy atom. The van der Waals surface area contributed by atoms with Gasteiger partial charge in [-0.2, -0.15) is 0 Å². The number of cyclic esters (lactones) is 1. The Kier molecular flexibility index (Phi) is 4.84. The summed E-state index contributed by atoms with van der Waals surface area (Å²) in [5.41, 5.74) is 2.21. The fourth-order valence-corrected chi connectivity index (χ4v) is 3.46. The van der Waals surface area contributed by atoms with Crippen molar-refractivity contribution in [2.24, 2.45) is 0 Å². The van der Waals surface area contributed by atoms with Gasteiger partial charge in [0.15, 0.2) is 5.60 Å². The SMILES string of the molecule is O=C1NC[C@@H](COC(C2=CC=[C+]C=C2)(c2ccccc2)c2ccccc2)O1. The monoisotopic (exact) mass is 358 g/mol. The Morgan fingerprint density at radius 2 is 1.74 bits per heavy atom. The summed E-state index contributed by atoms with van der Waals surface area (Å²) >= 11 is 0. The molecule has 2 aliphatic rings. The molecule has 0 aromatic heterocycles. The molecule has 1 aliphatic carbocycles. The Bertz CT molecular complexity index is 845. The van der Waals surface area contributed by atoms with E-state index in [1.54, 1.807) is 0 Å². The van der Waals surface area contributed by atoms with Gasteiger partial charge in [-0.1, -0.05) is 60.7 Å². The van der Waals surface area contributed by atoms with E-state index in [1.165, 1.54) is 0 Å². The molecule has 4 nitrogen and oxygen atoms in total. The number of benzene rings is 2. The third-order valence-electron chi connectivity index (χ3n) is 4.72. The molecule has 2 aromatic carbocycles. The third kappa shape index (κ3) is 3.41. The Balaban J connectivity index is 1.81. The van der Waals surface area contributed by atoms with Gasteiger partial charge < -0.3 is 14.8 Å². The third-order valence-corrected chi connectivity index (χ3v) is 4.72. The van der Waals surface area contributed by atoms with Crippen LogP contribution in [0, 0.1) is 6.08 Å². The van der Waals surface area contributed by atoms with Crippen LogP contribution in [0.1, 0.15) is 11.1 Å². The van der Waals surface area contributed by atoms with Crippen molar-refractivity contribution in [2.45, 2.75) is 11.7 Å². The van der Waals surface area contributed by atoms with Crippen LogP contribution >= 0.6 is 0 Å². The highest BCUT2D eigenvalue weighted by atomic mass is 16.6. The molecule has 1 amide bonds. The molecule has 0 spiro atoms. The summed E-state index contributed by atoms with van der Waals surface area (Å²) in [6.07, 6.45) is 10.2. The first-order chi connectivity index (χ1) is 13.3. The van der Waals surface area contributed by atoms with Gasteiger partial charge >= 0.3 is 6.09 Å². The predicted molar refractivity (Wildman–Crippen MR) is 103 cm³/mol. The number of hydrogen-bond donors (Lipinski definition) is 1. The van der Waals surface area contributed by atoms with Crippen LogP contribution in [0.5, 0.6) is 0 Å². The Hall–Kier alpha value is -3.20. The minimum atomic E-state index is -0.813. The summed E-state index contributed by atoms with van der Waals surface area (Å²) in [5, 5.41) is 2.68. The number of carbonyl (C=O) groups is 1. The van der Waals surface area contributed by atoms with Crippen LogP contribution in [0.3, 0.4) is 0 Å². The molecule has 134 valence electrons. The molecule has 1 saturated heterocycles. The maximum Gasteiger partial charge on any atom is 0.407 e. The molecule has 27 heavy (non-hydrogen) atoms. The van der Waals surface area contributed by atoms with E-state index in [1.807, 2.05) is 60.7 Å². The molecule has 4 rings (SSSR count). The number of hydrogen-bond acceptors (Lipinski definition) is 3. The highest BCUT2D eigenvalue weighted by Gasteiger charge is 2.43. The lowest BCUT2D eigenvalue weighted by Gasteiger charge is -2.34. The van der Waals surface area contributed by atoms with Crippen molar-refractivity contribution < 1.29 is 14.3 Å². The molecule has 1 N–H and O–H groups in total. The van der Waals surface area contributed by atoms with E-state index in [2.05, 4.69) is 35.7 Å².